The summed E-state index contributed by atoms with van der Waals surface area (Å²) in [5.74, 6) is 1.93. The summed E-state index contributed by atoms with van der Waals surface area (Å²) in [7, 11) is 0. The average molecular weight is 195 g/mol. The Kier molecular flexibility index (Phi) is 2.88. The fourth-order valence-electron chi connectivity index (χ4n) is 1.67. The van der Waals surface area contributed by atoms with E-state index in [-0.39, 0.29) is 5.41 Å². The zero-order chi connectivity index (χ0) is 10.9. The van der Waals surface area contributed by atoms with Crippen molar-refractivity contribution in [3.05, 3.63) is 11.5 Å². The smallest absolute Gasteiger partial charge is 0.126 e. The summed E-state index contributed by atoms with van der Waals surface area (Å²) in [6.45, 7) is 11.6. The van der Waals surface area contributed by atoms with Crippen LogP contribution < -0.4 is 5.73 Å². The molecule has 0 aliphatic heterocycles. The maximum Gasteiger partial charge on any atom is 0.126 e. The zero-order valence-electron chi connectivity index (χ0n) is 9.89. The Morgan fingerprint density at radius 1 is 1.29 bits per heavy atom. The molecule has 1 rings (SSSR count). The Balaban J connectivity index is 3.30. The van der Waals surface area contributed by atoms with Crippen molar-refractivity contribution in [1.29, 1.82) is 0 Å². The molecule has 0 aliphatic rings. The molecule has 1 aromatic rings. The van der Waals surface area contributed by atoms with Gasteiger partial charge >= 0.3 is 0 Å². The minimum atomic E-state index is 0.0670. The molecule has 0 aliphatic carbocycles. The van der Waals surface area contributed by atoms with Gasteiger partial charge in [0.15, 0.2) is 0 Å². The highest BCUT2D eigenvalue weighted by molar-refractivity contribution is 5.39. The molecular weight excluding hydrogens is 174 g/mol. The topological polar surface area (TPSA) is 43.8 Å². The molecule has 0 atom stereocenters. The molecule has 0 bridgehead atoms. The molecule has 14 heavy (non-hydrogen) atoms. The lowest BCUT2D eigenvalue weighted by molar-refractivity contribution is 0.508. The molecule has 0 radical (unpaired) electrons. The van der Waals surface area contributed by atoms with E-state index in [0.717, 1.165) is 30.3 Å². The summed E-state index contributed by atoms with van der Waals surface area (Å²) in [6.07, 6.45) is 0.905. The van der Waals surface area contributed by atoms with Crippen molar-refractivity contribution in [2.24, 2.45) is 0 Å². The van der Waals surface area contributed by atoms with Gasteiger partial charge in [0.05, 0.1) is 5.69 Å². The normalized spacial score (nSPS) is 12.1. The zero-order valence-corrected chi connectivity index (χ0v) is 9.89. The van der Waals surface area contributed by atoms with Crippen molar-refractivity contribution < 1.29 is 0 Å². The van der Waals surface area contributed by atoms with E-state index in [2.05, 4.69) is 44.2 Å². The molecule has 0 spiro atoms. The van der Waals surface area contributed by atoms with E-state index in [4.69, 9.17) is 5.73 Å². The van der Waals surface area contributed by atoms with Gasteiger partial charge < -0.3 is 10.3 Å². The van der Waals surface area contributed by atoms with Crippen LogP contribution in [0.2, 0.25) is 0 Å². The largest absolute Gasteiger partial charge is 0.384 e. The van der Waals surface area contributed by atoms with Crippen LogP contribution in [-0.4, -0.2) is 9.55 Å². The Labute approximate surface area is 86.3 Å². The third-order valence-electron chi connectivity index (χ3n) is 2.40. The predicted molar refractivity (Wildman–Crippen MR) is 60.4 cm³/mol. The second kappa shape index (κ2) is 3.64. The quantitative estimate of drug-likeness (QED) is 0.787. The van der Waals surface area contributed by atoms with Crippen LogP contribution >= 0.6 is 0 Å². The number of aromatic nitrogens is 2. The first-order valence-corrected chi connectivity index (χ1v) is 5.27. The molecule has 3 nitrogen and oxygen atoms in total. The highest BCUT2D eigenvalue weighted by Gasteiger charge is 2.23. The van der Waals surface area contributed by atoms with Crippen molar-refractivity contribution >= 4 is 5.82 Å². The molecule has 0 fully saturated rings. The van der Waals surface area contributed by atoms with Crippen LogP contribution in [0.25, 0.3) is 0 Å². The van der Waals surface area contributed by atoms with E-state index in [9.17, 15) is 0 Å². The number of aryl methyl sites for hydroxylation is 1. The lowest BCUT2D eigenvalue weighted by Crippen LogP contribution is -2.19. The number of nitrogen functional groups attached to an aromatic ring is 1. The van der Waals surface area contributed by atoms with Crippen molar-refractivity contribution in [3.8, 4) is 0 Å². The van der Waals surface area contributed by atoms with Crippen molar-refractivity contribution in [1.82, 2.24) is 9.55 Å². The van der Waals surface area contributed by atoms with Gasteiger partial charge in [0.1, 0.15) is 11.6 Å². The molecule has 0 unspecified atom stereocenters. The van der Waals surface area contributed by atoms with Gasteiger partial charge in [-0.2, -0.15) is 0 Å². The highest BCUT2D eigenvalue weighted by atomic mass is 15.1. The maximum atomic E-state index is 6.02. The summed E-state index contributed by atoms with van der Waals surface area (Å²) in [4.78, 5) is 4.61. The second-order valence-corrected chi connectivity index (χ2v) is 4.62. The minimum Gasteiger partial charge on any atom is -0.384 e. The van der Waals surface area contributed by atoms with Crippen LogP contribution in [0.15, 0.2) is 0 Å². The molecule has 2 N–H and O–H groups in total. The first-order chi connectivity index (χ1) is 6.41. The van der Waals surface area contributed by atoms with Gasteiger partial charge in [-0.1, -0.05) is 27.7 Å². The van der Waals surface area contributed by atoms with E-state index in [0.29, 0.717) is 0 Å². The molecule has 1 heterocycles. The van der Waals surface area contributed by atoms with Crippen molar-refractivity contribution in [2.75, 3.05) is 5.73 Å². The first kappa shape index (κ1) is 11.1. The molecule has 0 aromatic carbocycles. The molecule has 3 heteroatoms. The number of anilines is 1. The molecule has 80 valence electrons. The van der Waals surface area contributed by atoms with E-state index >= 15 is 0 Å². The van der Waals surface area contributed by atoms with Gasteiger partial charge in [-0.15, -0.1) is 0 Å². The number of hydrogen-bond donors (Lipinski definition) is 1. The van der Waals surface area contributed by atoms with E-state index in [1.54, 1.807) is 0 Å². The summed E-state index contributed by atoms with van der Waals surface area (Å²) in [5, 5.41) is 0. The van der Waals surface area contributed by atoms with E-state index < -0.39 is 0 Å². The number of nitrogens with zero attached hydrogens (tertiary/aromatic N) is 2. The Hall–Kier alpha value is -0.990. The fourth-order valence-corrected chi connectivity index (χ4v) is 1.67. The molecule has 0 saturated heterocycles. The number of imidazole rings is 1. The van der Waals surface area contributed by atoms with Gasteiger partial charge in [-0.25, -0.2) is 4.98 Å². The lowest BCUT2D eigenvalue weighted by Gasteiger charge is -2.19. The predicted octanol–water partition coefficient (Wildman–Crippen LogP) is 2.35. The van der Waals surface area contributed by atoms with Crippen LogP contribution in [0.1, 0.15) is 46.1 Å². The molecule has 0 saturated carbocycles. The average Bonchev–Trinajstić information content (AvgIpc) is 2.41. The van der Waals surface area contributed by atoms with Gasteiger partial charge in [0, 0.05) is 12.0 Å². The SMILES string of the molecule is CCc1nc(C(C)(C)C)n(CC)c1N. The number of rotatable bonds is 2. The first-order valence-electron chi connectivity index (χ1n) is 5.27. The Bertz CT molecular complexity index is 318. The third kappa shape index (κ3) is 1.76. The van der Waals surface area contributed by atoms with E-state index in [1.165, 1.54) is 0 Å². The summed E-state index contributed by atoms with van der Waals surface area (Å²) >= 11 is 0. The Morgan fingerprint density at radius 2 is 1.86 bits per heavy atom. The van der Waals surface area contributed by atoms with Crippen LogP contribution in [0.5, 0.6) is 0 Å². The van der Waals surface area contributed by atoms with Gasteiger partial charge in [-0.05, 0) is 13.3 Å². The monoisotopic (exact) mass is 195 g/mol. The molecule has 1 aromatic heterocycles. The van der Waals surface area contributed by atoms with Crippen LogP contribution in [0.3, 0.4) is 0 Å². The standard InChI is InChI=1S/C11H21N3/c1-6-8-9(12)14(7-2)10(13-8)11(3,4)5/h6-7,12H2,1-5H3. The Morgan fingerprint density at radius 3 is 2.14 bits per heavy atom. The fraction of sp³-hybridized carbons (Fsp3) is 0.727. The minimum absolute atomic E-state index is 0.0670. The molecule has 0 amide bonds. The highest BCUT2D eigenvalue weighted by Crippen LogP contribution is 2.25. The van der Waals surface area contributed by atoms with Crippen LogP contribution in [0.4, 0.5) is 5.82 Å². The maximum absolute atomic E-state index is 6.02. The number of nitrogens with two attached hydrogens (primary N) is 1. The second-order valence-electron chi connectivity index (χ2n) is 4.62. The number of hydrogen-bond acceptors (Lipinski definition) is 2. The van der Waals surface area contributed by atoms with Gasteiger partial charge in [0.25, 0.3) is 0 Å². The molecular formula is C11H21N3. The van der Waals surface area contributed by atoms with Gasteiger partial charge in [-0.3, -0.25) is 0 Å². The van der Waals surface area contributed by atoms with Crippen LogP contribution in [0, 0.1) is 0 Å². The third-order valence-corrected chi connectivity index (χ3v) is 2.40. The summed E-state index contributed by atoms with van der Waals surface area (Å²) in [5.41, 5.74) is 7.11. The van der Waals surface area contributed by atoms with Crippen molar-refractivity contribution in [3.63, 3.8) is 0 Å². The lowest BCUT2D eigenvalue weighted by atomic mass is 9.96. The summed E-state index contributed by atoms with van der Waals surface area (Å²) in [6, 6.07) is 0. The van der Waals surface area contributed by atoms with Crippen LogP contribution in [-0.2, 0) is 18.4 Å². The van der Waals surface area contributed by atoms with E-state index in [1.807, 2.05) is 0 Å². The van der Waals surface area contributed by atoms with Crippen molar-refractivity contribution in [2.45, 2.75) is 53.0 Å². The van der Waals surface area contributed by atoms with Gasteiger partial charge in [0.2, 0.25) is 0 Å². The summed E-state index contributed by atoms with van der Waals surface area (Å²) < 4.78 is 2.11.